The molecule has 0 spiro atoms. The number of rotatable bonds is 5. The molecule has 0 aliphatic carbocycles. The zero-order valence-electron chi connectivity index (χ0n) is 10.1. The third-order valence-corrected chi connectivity index (χ3v) is 3.00. The lowest BCUT2D eigenvalue weighted by Gasteiger charge is -2.10. The molecule has 1 aromatic carbocycles. The molecule has 1 unspecified atom stereocenters. The molecule has 1 atom stereocenters. The zero-order valence-corrected chi connectivity index (χ0v) is 12.5. The maximum Gasteiger partial charge on any atom is 0.224 e. The van der Waals surface area contributed by atoms with Gasteiger partial charge >= 0.3 is 0 Å². The van der Waals surface area contributed by atoms with E-state index in [0.29, 0.717) is 25.1 Å². The molecule has 0 radical (unpaired) electrons. The summed E-state index contributed by atoms with van der Waals surface area (Å²) in [4.78, 5) is 11.4. The van der Waals surface area contributed by atoms with Crippen LogP contribution in [0.25, 0.3) is 0 Å². The third-order valence-electron chi connectivity index (χ3n) is 2.50. The first-order valence-electron chi connectivity index (χ1n) is 5.46. The Balaban J connectivity index is 0.00000289. The van der Waals surface area contributed by atoms with Crippen molar-refractivity contribution in [1.29, 1.82) is 0 Å². The number of carbonyl (C=O) groups excluding carboxylic acids is 1. The molecule has 3 nitrogen and oxygen atoms in total. The predicted molar refractivity (Wildman–Crippen MR) is 76.3 cm³/mol. The van der Waals surface area contributed by atoms with E-state index in [2.05, 4.69) is 21.2 Å². The van der Waals surface area contributed by atoms with E-state index in [1.54, 1.807) is 19.1 Å². The third kappa shape index (κ3) is 5.33. The summed E-state index contributed by atoms with van der Waals surface area (Å²) in [6.07, 6.45) is 0.467. The van der Waals surface area contributed by atoms with Gasteiger partial charge in [-0.15, -0.1) is 12.4 Å². The summed E-state index contributed by atoms with van der Waals surface area (Å²) in [6, 6.07) is 4.77. The Hall–Kier alpha value is -0.650. The van der Waals surface area contributed by atoms with Crippen molar-refractivity contribution < 1.29 is 9.18 Å². The Morgan fingerprint density at radius 1 is 1.56 bits per heavy atom. The van der Waals surface area contributed by atoms with Gasteiger partial charge < -0.3 is 11.1 Å². The van der Waals surface area contributed by atoms with E-state index >= 15 is 0 Å². The molecule has 1 aromatic rings. The topological polar surface area (TPSA) is 55.1 Å². The van der Waals surface area contributed by atoms with Crippen molar-refractivity contribution in [3.05, 3.63) is 34.1 Å². The van der Waals surface area contributed by atoms with Gasteiger partial charge in [0.25, 0.3) is 0 Å². The van der Waals surface area contributed by atoms with Crippen molar-refractivity contribution in [3.8, 4) is 0 Å². The van der Waals surface area contributed by atoms with Gasteiger partial charge in [0, 0.05) is 23.5 Å². The molecule has 0 fully saturated rings. The smallest absolute Gasteiger partial charge is 0.224 e. The van der Waals surface area contributed by atoms with Crippen LogP contribution in [0.5, 0.6) is 0 Å². The fourth-order valence-electron chi connectivity index (χ4n) is 1.34. The van der Waals surface area contributed by atoms with E-state index in [0.717, 1.165) is 4.47 Å². The Kier molecular flexibility index (Phi) is 8.15. The van der Waals surface area contributed by atoms with Crippen molar-refractivity contribution in [2.24, 2.45) is 11.7 Å². The fraction of sp³-hybridized carbons (Fsp3) is 0.417. The lowest BCUT2D eigenvalue weighted by molar-refractivity contribution is -0.124. The van der Waals surface area contributed by atoms with E-state index < -0.39 is 0 Å². The van der Waals surface area contributed by atoms with Crippen LogP contribution in [-0.2, 0) is 11.2 Å². The van der Waals surface area contributed by atoms with Crippen LogP contribution in [-0.4, -0.2) is 19.0 Å². The van der Waals surface area contributed by atoms with Crippen molar-refractivity contribution in [3.63, 3.8) is 0 Å². The number of carbonyl (C=O) groups is 1. The van der Waals surface area contributed by atoms with Gasteiger partial charge in [-0.1, -0.05) is 22.9 Å². The number of halogens is 3. The molecule has 1 amide bonds. The molecule has 1 rings (SSSR count). The molecule has 3 N–H and O–H groups in total. The van der Waals surface area contributed by atoms with Crippen LogP contribution in [0.1, 0.15) is 12.5 Å². The molecule has 0 aliphatic rings. The highest BCUT2D eigenvalue weighted by Gasteiger charge is 2.10. The molecule has 0 heterocycles. The minimum atomic E-state index is -0.255. The number of amides is 1. The van der Waals surface area contributed by atoms with Gasteiger partial charge in [-0.25, -0.2) is 4.39 Å². The van der Waals surface area contributed by atoms with Crippen molar-refractivity contribution in [2.45, 2.75) is 13.3 Å². The fourth-order valence-corrected chi connectivity index (χ4v) is 1.75. The monoisotopic (exact) mass is 338 g/mol. The molecule has 6 heteroatoms. The number of hydrogen-bond acceptors (Lipinski definition) is 2. The highest BCUT2D eigenvalue weighted by atomic mass is 79.9. The number of hydrogen-bond donors (Lipinski definition) is 2. The Labute approximate surface area is 121 Å². The average molecular weight is 340 g/mol. The lowest BCUT2D eigenvalue weighted by Crippen LogP contribution is -2.34. The molecule has 18 heavy (non-hydrogen) atoms. The van der Waals surface area contributed by atoms with E-state index in [1.807, 2.05) is 0 Å². The van der Waals surface area contributed by atoms with Gasteiger partial charge in [0.2, 0.25) is 5.91 Å². The van der Waals surface area contributed by atoms with Gasteiger partial charge in [0.1, 0.15) is 5.82 Å². The highest BCUT2D eigenvalue weighted by molar-refractivity contribution is 9.10. The van der Waals surface area contributed by atoms with Crippen LogP contribution < -0.4 is 11.1 Å². The number of nitrogens with one attached hydrogen (secondary N) is 1. The summed E-state index contributed by atoms with van der Waals surface area (Å²) in [6.45, 7) is 2.49. The molecular weight excluding hydrogens is 322 g/mol. The van der Waals surface area contributed by atoms with Crippen LogP contribution in [0.2, 0.25) is 0 Å². The molecular formula is C12H17BrClFN2O. The molecule has 0 bridgehead atoms. The van der Waals surface area contributed by atoms with E-state index in [9.17, 15) is 9.18 Å². The summed E-state index contributed by atoms with van der Waals surface area (Å²) in [5.74, 6) is -0.556. The predicted octanol–water partition coefficient (Wildman–Crippen LogP) is 2.26. The molecule has 0 aromatic heterocycles. The maximum atomic E-state index is 13.4. The van der Waals surface area contributed by atoms with Crippen LogP contribution in [0.4, 0.5) is 4.39 Å². The number of nitrogens with two attached hydrogens (primary N) is 1. The maximum absolute atomic E-state index is 13.4. The molecule has 0 saturated carbocycles. The van der Waals surface area contributed by atoms with Gasteiger partial charge in [-0.2, -0.15) is 0 Å². The van der Waals surface area contributed by atoms with E-state index in [-0.39, 0.29) is 30.0 Å². The van der Waals surface area contributed by atoms with Gasteiger partial charge in [-0.05, 0) is 30.2 Å². The summed E-state index contributed by atoms with van der Waals surface area (Å²) in [5, 5.41) is 2.73. The SMILES string of the molecule is CC(CN)C(=O)NCCc1cc(Br)ccc1F.Cl. The minimum Gasteiger partial charge on any atom is -0.355 e. The van der Waals surface area contributed by atoms with Gasteiger partial charge in [0.05, 0.1) is 0 Å². The van der Waals surface area contributed by atoms with E-state index in [1.165, 1.54) is 6.07 Å². The van der Waals surface area contributed by atoms with Crippen molar-refractivity contribution in [2.75, 3.05) is 13.1 Å². The Bertz CT molecular complexity index is 404. The first-order chi connectivity index (χ1) is 8.04. The number of benzene rings is 1. The Morgan fingerprint density at radius 2 is 2.22 bits per heavy atom. The highest BCUT2D eigenvalue weighted by Crippen LogP contribution is 2.15. The van der Waals surface area contributed by atoms with Gasteiger partial charge in [0.15, 0.2) is 0 Å². The van der Waals surface area contributed by atoms with Crippen molar-refractivity contribution in [1.82, 2.24) is 5.32 Å². The first-order valence-corrected chi connectivity index (χ1v) is 6.25. The van der Waals surface area contributed by atoms with Crippen LogP contribution >= 0.6 is 28.3 Å². The average Bonchev–Trinajstić information content (AvgIpc) is 2.32. The van der Waals surface area contributed by atoms with Crippen LogP contribution in [0, 0.1) is 11.7 Å². The summed E-state index contributed by atoms with van der Waals surface area (Å²) >= 11 is 3.28. The van der Waals surface area contributed by atoms with E-state index in [4.69, 9.17) is 5.73 Å². The quantitative estimate of drug-likeness (QED) is 0.864. The normalized spacial score (nSPS) is 11.6. The molecule has 102 valence electrons. The van der Waals surface area contributed by atoms with Crippen LogP contribution in [0.3, 0.4) is 0 Å². The first kappa shape index (κ1) is 17.4. The summed E-state index contributed by atoms with van der Waals surface area (Å²) in [5.41, 5.74) is 5.96. The summed E-state index contributed by atoms with van der Waals surface area (Å²) < 4.78 is 14.2. The largest absolute Gasteiger partial charge is 0.355 e. The molecule has 0 aliphatic heterocycles. The second-order valence-electron chi connectivity index (χ2n) is 3.91. The Morgan fingerprint density at radius 3 is 2.83 bits per heavy atom. The standard InChI is InChI=1S/C12H16BrFN2O.ClH/c1-8(7-15)12(17)16-5-4-9-6-10(13)2-3-11(9)14;/h2-3,6,8H,4-5,7,15H2,1H3,(H,16,17);1H. The second kappa shape index (κ2) is 8.45. The van der Waals surface area contributed by atoms with Crippen LogP contribution in [0.15, 0.2) is 22.7 Å². The minimum absolute atomic E-state index is 0. The lowest BCUT2D eigenvalue weighted by atomic mass is 10.1. The van der Waals surface area contributed by atoms with Crippen molar-refractivity contribution >= 4 is 34.2 Å². The zero-order chi connectivity index (χ0) is 12.8. The second-order valence-corrected chi connectivity index (χ2v) is 4.83. The molecule has 0 saturated heterocycles. The van der Waals surface area contributed by atoms with Gasteiger partial charge in [-0.3, -0.25) is 4.79 Å². The summed E-state index contributed by atoms with van der Waals surface area (Å²) in [7, 11) is 0.